The molecule has 0 saturated carbocycles. The molecule has 0 unspecified atom stereocenters. The van der Waals surface area contributed by atoms with Crippen molar-refractivity contribution < 1.29 is 19.0 Å². The Kier molecular flexibility index (Phi) is 8.82. The maximum Gasteiger partial charge on any atom is 0.273 e. The first kappa shape index (κ1) is 27.2. The molecular formula is C30H27N3O5S. The third-order valence-electron chi connectivity index (χ3n) is 5.60. The molecule has 1 aromatic heterocycles. The molecule has 0 aliphatic heterocycles. The van der Waals surface area contributed by atoms with Crippen molar-refractivity contribution >= 4 is 34.6 Å². The number of nitriles is 1. The van der Waals surface area contributed by atoms with E-state index in [4.69, 9.17) is 14.2 Å². The summed E-state index contributed by atoms with van der Waals surface area (Å²) in [6, 6.07) is 23.1. The average Bonchev–Trinajstić information content (AvgIpc) is 3.26. The summed E-state index contributed by atoms with van der Waals surface area (Å²) >= 11 is 1.07. The van der Waals surface area contributed by atoms with Gasteiger partial charge in [-0.15, -0.1) is 11.3 Å². The standard InChI is InChI=1S/C30H27N3O5S/c1-4-37-23-14-12-21(13-15-23)32-28(34)24(19-31)30-33(22-9-7-6-8-10-22)29(35)27(39-30)18-20-11-16-25(38-5-2)26(17-20)36-3/h6-18H,4-5H2,1-3H3,(H,32,34)/b27-18+,30-24-. The van der Waals surface area contributed by atoms with Crippen LogP contribution < -0.4 is 34.3 Å². The Hall–Kier alpha value is -4.81. The molecule has 8 nitrogen and oxygen atoms in total. The van der Waals surface area contributed by atoms with Crippen LogP contribution in [0.5, 0.6) is 17.2 Å². The summed E-state index contributed by atoms with van der Waals surface area (Å²) in [5, 5.41) is 12.8. The third kappa shape index (κ3) is 6.20. The van der Waals surface area contributed by atoms with Gasteiger partial charge in [0.15, 0.2) is 17.1 Å². The van der Waals surface area contributed by atoms with Crippen molar-refractivity contribution in [2.24, 2.45) is 0 Å². The van der Waals surface area contributed by atoms with E-state index in [2.05, 4.69) is 5.32 Å². The molecule has 4 rings (SSSR count). The van der Waals surface area contributed by atoms with E-state index in [0.717, 1.165) is 11.3 Å². The smallest absolute Gasteiger partial charge is 0.273 e. The van der Waals surface area contributed by atoms with Gasteiger partial charge in [0.05, 0.1) is 30.5 Å². The summed E-state index contributed by atoms with van der Waals surface area (Å²) in [7, 11) is 1.55. The molecule has 198 valence electrons. The molecule has 0 aliphatic carbocycles. The second-order valence-electron chi connectivity index (χ2n) is 8.13. The minimum Gasteiger partial charge on any atom is -0.494 e. The zero-order chi connectivity index (χ0) is 27.8. The van der Waals surface area contributed by atoms with E-state index in [1.165, 1.54) is 4.57 Å². The highest BCUT2D eigenvalue weighted by molar-refractivity contribution is 7.07. The number of para-hydroxylation sites is 1. The van der Waals surface area contributed by atoms with Crippen LogP contribution in [0.15, 0.2) is 77.6 Å². The van der Waals surface area contributed by atoms with Gasteiger partial charge in [0, 0.05) is 5.69 Å². The summed E-state index contributed by atoms with van der Waals surface area (Å²) in [5.74, 6) is 1.17. The molecule has 0 atom stereocenters. The number of hydrogen-bond donors (Lipinski definition) is 1. The van der Waals surface area contributed by atoms with E-state index in [1.807, 2.05) is 32.0 Å². The molecule has 1 amide bonds. The first-order chi connectivity index (χ1) is 19.0. The van der Waals surface area contributed by atoms with Gasteiger partial charge in [0.25, 0.3) is 11.5 Å². The van der Waals surface area contributed by atoms with Gasteiger partial charge in [-0.25, -0.2) is 0 Å². The second kappa shape index (κ2) is 12.6. The molecule has 0 aliphatic rings. The molecule has 3 aromatic carbocycles. The summed E-state index contributed by atoms with van der Waals surface area (Å²) in [5.41, 5.74) is 1.21. The van der Waals surface area contributed by atoms with Crippen LogP contribution in [0.2, 0.25) is 0 Å². The minimum absolute atomic E-state index is 0.182. The Balaban J connectivity index is 1.86. The number of ether oxygens (including phenoxy) is 3. The van der Waals surface area contributed by atoms with Crippen molar-refractivity contribution in [3.8, 4) is 29.0 Å². The van der Waals surface area contributed by atoms with Crippen molar-refractivity contribution in [2.75, 3.05) is 25.6 Å². The van der Waals surface area contributed by atoms with Crippen LogP contribution in [-0.2, 0) is 4.79 Å². The fraction of sp³-hybridized carbons (Fsp3) is 0.167. The molecule has 0 fully saturated rings. The third-order valence-corrected chi connectivity index (χ3v) is 6.69. The predicted octanol–water partition coefficient (Wildman–Crippen LogP) is 3.85. The van der Waals surface area contributed by atoms with Crippen molar-refractivity contribution in [1.29, 1.82) is 5.26 Å². The molecule has 1 N–H and O–H groups in total. The Morgan fingerprint density at radius 3 is 2.36 bits per heavy atom. The highest BCUT2D eigenvalue weighted by atomic mass is 32.1. The fourth-order valence-corrected chi connectivity index (χ4v) is 4.95. The van der Waals surface area contributed by atoms with Crippen molar-refractivity contribution in [3.05, 3.63) is 97.9 Å². The van der Waals surface area contributed by atoms with Crippen molar-refractivity contribution in [2.45, 2.75) is 13.8 Å². The van der Waals surface area contributed by atoms with E-state index < -0.39 is 5.91 Å². The Labute approximate surface area is 229 Å². The monoisotopic (exact) mass is 541 g/mol. The number of nitrogens with one attached hydrogen (secondary N) is 1. The zero-order valence-electron chi connectivity index (χ0n) is 21.8. The highest BCUT2D eigenvalue weighted by Crippen LogP contribution is 2.28. The number of benzene rings is 3. The van der Waals surface area contributed by atoms with Crippen molar-refractivity contribution in [1.82, 2.24) is 4.57 Å². The molecular weight excluding hydrogens is 514 g/mol. The molecule has 4 aromatic rings. The van der Waals surface area contributed by atoms with Crippen LogP contribution in [0.1, 0.15) is 19.4 Å². The van der Waals surface area contributed by atoms with Crippen LogP contribution in [0.3, 0.4) is 0 Å². The summed E-state index contributed by atoms with van der Waals surface area (Å²) < 4.78 is 18.4. The minimum atomic E-state index is -0.623. The number of hydrogen-bond acceptors (Lipinski definition) is 7. The summed E-state index contributed by atoms with van der Waals surface area (Å²) in [6.45, 7) is 4.78. The van der Waals surface area contributed by atoms with Crippen LogP contribution in [0.25, 0.3) is 17.3 Å². The van der Waals surface area contributed by atoms with E-state index in [1.54, 1.807) is 73.8 Å². The maximum atomic E-state index is 13.6. The number of rotatable bonds is 9. The molecule has 0 spiro atoms. The Morgan fingerprint density at radius 1 is 1.00 bits per heavy atom. The largest absolute Gasteiger partial charge is 0.494 e. The number of carbonyl (C=O) groups is 1. The van der Waals surface area contributed by atoms with Gasteiger partial charge >= 0.3 is 0 Å². The summed E-state index contributed by atoms with van der Waals surface area (Å²) in [4.78, 5) is 26.9. The van der Waals surface area contributed by atoms with E-state index in [9.17, 15) is 14.9 Å². The van der Waals surface area contributed by atoms with Crippen LogP contribution in [0.4, 0.5) is 5.69 Å². The van der Waals surface area contributed by atoms with Gasteiger partial charge in [-0.1, -0.05) is 24.3 Å². The molecule has 39 heavy (non-hydrogen) atoms. The van der Waals surface area contributed by atoms with Gasteiger partial charge in [-0.3, -0.25) is 14.2 Å². The number of amides is 1. The SMILES string of the molecule is CCOc1ccc(NC(=O)/C(C#N)=c2\s/c(=C/c3ccc(OCC)c(OC)c3)c(=O)n2-c2ccccc2)cc1. The average molecular weight is 542 g/mol. The topological polar surface area (TPSA) is 103 Å². The lowest BCUT2D eigenvalue weighted by Gasteiger charge is -2.09. The predicted molar refractivity (Wildman–Crippen MR) is 152 cm³/mol. The van der Waals surface area contributed by atoms with E-state index >= 15 is 0 Å². The number of carbonyl (C=O) groups excluding carboxylic acids is 1. The first-order valence-corrected chi connectivity index (χ1v) is 13.1. The normalized spacial score (nSPS) is 11.9. The van der Waals surface area contributed by atoms with Gasteiger partial charge in [0.2, 0.25) is 0 Å². The number of thiazole rings is 1. The maximum absolute atomic E-state index is 13.6. The van der Waals surface area contributed by atoms with E-state index in [0.29, 0.717) is 51.9 Å². The quantitative estimate of drug-likeness (QED) is 0.345. The number of nitrogens with zero attached hydrogens (tertiary/aromatic N) is 2. The van der Waals surface area contributed by atoms with Crippen LogP contribution in [-0.4, -0.2) is 30.8 Å². The van der Waals surface area contributed by atoms with E-state index in [-0.39, 0.29) is 15.8 Å². The number of aromatic nitrogens is 1. The van der Waals surface area contributed by atoms with Crippen molar-refractivity contribution in [3.63, 3.8) is 0 Å². The molecule has 9 heteroatoms. The van der Waals surface area contributed by atoms with Gasteiger partial charge in [0.1, 0.15) is 16.5 Å². The first-order valence-electron chi connectivity index (χ1n) is 12.3. The number of anilines is 1. The van der Waals surface area contributed by atoms with Crippen LogP contribution >= 0.6 is 11.3 Å². The second-order valence-corrected chi connectivity index (χ2v) is 9.16. The lowest BCUT2D eigenvalue weighted by atomic mass is 10.2. The summed E-state index contributed by atoms with van der Waals surface area (Å²) in [6.07, 6.45) is 1.70. The highest BCUT2D eigenvalue weighted by Gasteiger charge is 2.17. The number of methoxy groups -OCH3 is 1. The van der Waals surface area contributed by atoms with Gasteiger partial charge in [-0.05, 0) is 74.0 Å². The zero-order valence-corrected chi connectivity index (χ0v) is 22.6. The molecule has 0 radical (unpaired) electrons. The Morgan fingerprint density at radius 2 is 1.72 bits per heavy atom. The molecule has 1 heterocycles. The lowest BCUT2D eigenvalue weighted by Crippen LogP contribution is -2.32. The lowest BCUT2D eigenvalue weighted by molar-refractivity contribution is -0.111. The van der Waals surface area contributed by atoms with Crippen LogP contribution in [0, 0.1) is 11.3 Å². The molecule has 0 saturated heterocycles. The van der Waals surface area contributed by atoms with Gasteiger partial charge in [-0.2, -0.15) is 5.26 Å². The Bertz CT molecular complexity index is 1680. The molecule has 0 bridgehead atoms. The fourth-order valence-electron chi connectivity index (χ4n) is 3.85. The van der Waals surface area contributed by atoms with Gasteiger partial charge < -0.3 is 19.5 Å².